The lowest BCUT2D eigenvalue weighted by molar-refractivity contribution is -0.265. The molecule has 1 aliphatic heterocycles. The van der Waals surface area contributed by atoms with Gasteiger partial charge >= 0.3 is 6.18 Å². The third-order valence-electron chi connectivity index (χ3n) is 6.79. The number of ether oxygens (including phenoxy) is 1. The first-order chi connectivity index (χ1) is 18.3. The molecule has 0 bridgehead atoms. The molecule has 0 saturated heterocycles. The number of aromatic nitrogens is 3. The molecule has 5 N–H and O–H groups in total. The molecule has 0 aliphatic carbocycles. The Bertz CT molecular complexity index is 1600. The lowest BCUT2D eigenvalue weighted by Crippen LogP contribution is -2.51. The molecule has 1 aliphatic rings. The molecule has 1 unspecified atom stereocenters. The second-order valence-corrected chi connectivity index (χ2v) is 9.40. The van der Waals surface area contributed by atoms with Crippen LogP contribution in [0.5, 0.6) is 5.75 Å². The molecule has 0 fully saturated rings. The Morgan fingerprint density at radius 3 is 2.59 bits per heavy atom. The molecular formula is C26H21F4N5O4. The van der Waals surface area contributed by atoms with Crippen molar-refractivity contribution < 1.29 is 37.0 Å². The van der Waals surface area contributed by atoms with Gasteiger partial charge in [-0.2, -0.15) is 13.2 Å². The topological polar surface area (TPSA) is 143 Å². The van der Waals surface area contributed by atoms with Gasteiger partial charge in [0, 0.05) is 23.5 Å². The average Bonchev–Trinajstić information content (AvgIpc) is 3.51. The number of aliphatic hydroxyl groups is 1. The molecule has 2 atom stereocenters. The van der Waals surface area contributed by atoms with Gasteiger partial charge in [-0.15, -0.1) is 0 Å². The smallest absolute Gasteiger partial charge is 0.424 e. The van der Waals surface area contributed by atoms with Crippen LogP contribution >= 0.6 is 0 Å². The second kappa shape index (κ2) is 9.05. The number of rotatable bonds is 6. The molecule has 3 aromatic heterocycles. The van der Waals surface area contributed by atoms with Gasteiger partial charge in [-0.1, -0.05) is 0 Å². The molecule has 39 heavy (non-hydrogen) atoms. The van der Waals surface area contributed by atoms with Gasteiger partial charge in [0.05, 0.1) is 28.8 Å². The summed E-state index contributed by atoms with van der Waals surface area (Å²) >= 11 is 0. The van der Waals surface area contributed by atoms with Gasteiger partial charge in [0.25, 0.3) is 5.91 Å². The van der Waals surface area contributed by atoms with Gasteiger partial charge in [0.1, 0.15) is 29.3 Å². The average molecular weight is 543 g/mol. The molecule has 5 rings (SSSR count). The van der Waals surface area contributed by atoms with Crippen molar-refractivity contribution in [1.82, 2.24) is 20.3 Å². The van der Waals surface area contributed by atoms with Crippen LogP contribution in [0.25, 0.3) is 22.3 Å². The van der Waals surface area contributed by atoms with Gasteiger partial charge in [-0.05, 0) is 49.4 Å². The van der Waals surface area contributed by atoms with Gasteiger partial charge in [-0.3, -0.25) is 14.6 Å². The van der Waals surface area contributed by atoms with E-state index >= 15 is 0 Å². The molecule has 202 valence electrons. The minimum absolute atomic E-state index is 0.0226. The Morgan fingerprint density at radius 2 is 1.92 bits per heavy atom. The fourth-order valence-corrected chi connectivity index (χ4v) is 4.31. The number of nitrogens with one attached hydrogen (secondary N) is 2. The lowest BCUT2D eigenvalue weighted by atomic mass is 9.81. The van der Waals surface area contributed by atoms with Crippen molar-refractivity contribution in [3.63, 3.8) is 0 Å². The van der Waals surface area contributed by atoms with Gasteiger partial charge in [0.2, 0.25) is 11.5 Å². The zero-order valence-corrected chi connectivity index (χ0v) is 20.3. The highest BCUT2D eigenvalue weighted by atomic mass is 19.4. The standard InChI is InChI=1S/C26H21F4N5O4/c1-24(23(31)37)12-39-21-16(24)9-19(35-20(21)13-2-4-15(27)5-3-13)25(38,26(28,29)30)11-34-22(36)14-8-18-17(33-10-14)6-7-32-18/h2-10,32,38H,11-12H2,1H3,(H2,31,37)(H,34,36)/t24-,25?/m0/s1. The Kier molecular flexibility index (Phi) is 6.06. The van der Waals surface area contributed by atoms with E-state index in [1.807, 2.05) is 0 Å². The van der Waals surface area contributed by atoms with E-state index in [1.165, 1.54) is 31.3 Å². The first-order valence-corrected chi connectivity index (χ1v) is 11.6. The maximum absolute atomic E-state index is 14.5. The number of amides is 2. The first kappa shape index (κ1) is 26.1. The number of carbonyl (C=O) groups excluding carboxylic acids is 2. The van der Waals surface area contributed by atoms with E-state index in [0.29, 0.717) is 11.0 Å². The molecular weight excluding hydrogens is 522 g/mol. The third-order valence-corrected chi connectivity index (χ3v) is 6.79. The second-order valence-electron chi connectivity index (χ2n) is 9.40. The van der Waals surface area contributed by atoms with E-state index in [-0.39, 0.29) is 34.7 Å². The summed E-state index contributed by atoms with van der Waals surface area (Å²) in [5.74, 6) is -2.42. The Morgan fingerprint density at radius 1 is 1.21 bits per heavy atom. The summed E-state index contributed by atoms with van der Waals surface area (Å²) in [6.45, 7) is -0.217. The summed E-state index contributed by atoms with van der Waals surface area (Å²) in [5.41, 5.74) is 0.367. The van der Waals surface area contributed by atoms with Crippen molar-refractivity contribution in [3.05, 3.63) is 77.5 Å². The van der Waals surface area contributed by atoms with E-state index in [2.05, 4.69) is 20.3 Å². The fraction of sp³-hybridized carbons (Fsp3) is 0.231. The van der Waals surface area contributed by atoms with Gasteiger partial charge in [-0.25, -0.2) is 9.37 Å². The van der Waals surface area contributed by atoms with E-state index in [9.17, 15) is 32.3 Å². The number of fused-ring (bicyclic) bond motifs is 2. The quantitative estimate of drug-likeness (QED) is 0.275. The van der Waals surface area contributed by atoms with Crippen LogP contribution in [0.15, 0.2) is 54.9 Å². The molecule has 9 nitrogen and oxygen atoms in total. The predicted molar refractivity (Wildman–Crippen MR) is 130 cm³/mol. The number of hydrogen-bond donors (Lipinski definition) is 4. The molecule has 13 heteroatoms. The van der Waals surface area contributed by atoms with Crippen molar-refractivity contribution in [2.75, 3.05) is 13.2 Å². The number of nitrogens with two attached hydrogens (primary N) is 1. The number of H-pyrrole nitrogens is 1. The molecule has 0 radical (unpaired) electrons. The highest BCUT2D eigenvalue weighted by molar-refractivity contribution is 5.96. The molecule has 0 saturated carbocycles. The van der Waals surface area contributed by atoms with Crippen LogP contribution in [-0.4, -0.2) is 51.2 Å². The summed E-state index contributed by atoms with van der Waals surface area (Å²) in [6, 6.07) is 8.63. The van der Waals surface area contributed by atoms with Crippen molar-refractivity contribution in [2.45, 2.75) is 24.1 Å². The van der Waals surface area contributed by atoms with E-state index in [4.69, 9.17) is 10.5 Å². The number of halogens is 4. The van der Waals surface area contributed by atoms with Crippen LogP contribution in [0.3, 0.4) is 0 Å². The Hall–Kier alpha value is -4.52. The zero-order valence-electron chi connectivity index (χ0n) is 20.3. The van der Waals surface area contributed by atoms with Crippen LogP contribution in [0.4, 0.5) is 17.6 Å². The number of carbonyl (C=O) groups is 2. The first-order valence-electron chi connectivity index (χ1n) is 11.6. The molecule has 4 aromatic rings. The number of nitrogens with zero attached hydrogens (tertiary/aromatic N) is 2. The van der Waals surface area contributed by atoms with Crippen molar-refractivity contribution in [3.8, 4) is 17.0 Å². The maximum atomic E-state index is 14.5. The fourth-order valence-electron chi connectivity index (χ4n) is 4.31. The summed E-state index contributed by atoms with van der Waals surface area (Å²) in [6.07, 6.45) is -2.55. The van der Waals surface area contributed by atoms with E-state index < -0.39 is 47.1 Å². The van der Waals surface area contributed by atoms with Crippen LogP contribution in [-0.2, 0) is 15.8 Å². The lowest BCUT2D eigenvalue weighted by Gasteiger charge is -2.31. The Labute approximate surface area is 218 Å². The largest absolute Gasteiger partial charge is 0.489 e. The van der Waals surface area contributed by atoms with Crippen molar-refractivity contribution >= 4 is 22.8 Å². The number of hydrogen-bond acceptors (Lipinski definition) is 6. The van der Waals surface area contributed by atoms with Gasteiger partial charge in [0.15, 0.2) is 0 Å². The number of benzene rings is 1. The third kappa shape index (κ3) is 4.34. The highest BCUT2D eigenvalue weighted by Crippen LogP contribution is 2.47. The summed E-state index contributed by atoms with van der Waals surface area (Å²) in [5, 5.41) is 13.2. The number of alkyl halides is 3. The molecule has 2 amide bonds. The Balaban J connectivity index is 1.59. The van der Waals surface area contributed by atoms with E-state index in [0.717, 1.165) is 18.2 Å². The number of pyridine rings is 2. The number of aromatic amines is 1. The minimum atomic E-state index is -5.33. The summed E-state index contributed by atoms with van der Waals surface area (Å²) < 4.78 is 62.6. The molecule has 4 heterocycles. The summed E-state index contributed by atoms with van der Waals surface area (Å²) in [7, 11) is 0. The number of primary amides is 1. The van der Waals surface area contributed by atoms with Crippen LogP contribution in [0.2, 0.25) is 0 Å². The van der Waals surface area contributed by atoms with Crippen LogP contribution < -0.4 is 15.8 Å². The summed E-state index contributed by atoms with van der Waals surface area (Å²) in [4.78, 5) is 36.0. The van der Waals surface area contributed by atoms with Gasteiger partial charge < -0.3 is 25.9 Å². The van der Waals surface area contributed by atoms with Crippen molar-refractivity contribution in [2.24, 2.45) is 5.73 Å². The predicted octanol–water partition coefficient (Wildman–Crippen LogP) is 3.08. The monoisotopic (exact) mass is 543 g/mol. The maximum Gasteiger partial charge on any atom is 0.424 e. The van der Waals surface area contributed by atoms with E-state index in [1.54, 1.807) is 12.3 Å². The highest BCUT2D eigenvalue weighted by Gasteiger charge is 2.57. The minimum Gasteiger partial charge on any atom is -0.489 e. The van der Waals surface area contributed by atoms with Crippen LogP contribution in [0, 0.1) is 5.82 Å². The van der Waals surface area contributed by atoms with Crippen molar-refractivity contribution in [1.29, 1.82) is 0 Å². The zero-order chi connectivity index (χ0) is 28.2. The SMILES string of the molecule is C[C@]1(C(N)=O)COc2c1cc(C(O)(CNC(=O)c1cnc3cc[nH]c3c1)C(F)(F)F)nc2-c1ccc(F)cc1. The molecule has 1 aromatic carbocycles. The molecule has 0 spiro atoms. The van der Waals surface area contributed by atoms with Crippen LogP contribution in [0.1, 0.15) is 28.5 Å². The normalized spacial score (nSPS) is 18.3.